The molecular formula is C16H18BrN3O2S. The average Bonchev–Trinajstić information content (AvgIpc) is 3.33. The molecule has 0 radical (unpaired) electrons. The number of methoxy groups -OCH3 is 1. The fraction of sp³-hybridized carbons (Fsp3) is 0.375. The van der Waals surface area contributed by atoms with E-state index >= 15 is 0 Å². The van der Waals surface area contributed by atoms with E-state index in [1.165, 1.54) is 11.3 Å². The van der Waals surface area contributed by atoms with Crippen LogP contribution in [0.2, 0.25) is 0 Å². The van der Waals surface area contributed by atoms with Crippen LogP contribution in [0.3, 0.4) is 0 Å². The number of amides is 1. The Labute approximate surface area is 147 Å². The number of benzene rings is 1. The number of rotatable bonds is 6. The maximum Gasteiger partial charge on any atom is 0.274 e. The van der Waals surface area contributed by atoms with Gasteiger partial charge in [0.25, 0.3) is 5.91 Å². The number of hydrogen-bond acceptors (Lipinski definition) is 5. The Hall–Kier alpha value is -1.44. The molecule has 5 nitrogen and oxygen atoms in total. The second-order valence-electron chi connectivity index (χ2n) is 5.39. The number of hydrogen-bond donors (Lipinski definition) is 1. The molecule has 1 aliphatic carbocycles. The second kappa shape index (κ2) is 6.98. The first-order valence-corrected chi connectivity index (χ1v) is 9.06. The van der Waals surface area contributed by atoms with Gasteiger partial charge in [0, 0.05) is 19.1 Å². The van der Waals surface area contributed by atoms with Gasteiger partial charge in [-0.15, -0.1) is 11.3 Å². The highest BCUT2D eigenvalue weighted by Gasteiger charge is 2.34. The van der Waals surface area contributed by atoms with Gasteiger partial charge >= 0.3 is 0 Å². The van der Waals surface area contributed by atoms with Crippen LogP contribution in [0, 0.1) is 0 Å². The third-order valence-corrected chi connectivity index (χ3v) is 5.31. The van der Waals surface area contributed by atoms with Gasteiger partial charge < -0.3 is 15.4 Å². The molecule has 1 saturated carbocycles. The first-order chi connectivity index (χ1) is 11.1. The lowest BCUT2D eigenvalue weighted by Crippen LogP contribution is -2.37. The van der Waals surface area contributed by atoms with Crippen LogP contribution in [0.15, 0.2) is 28.2 Å². The Kier molecular flexibility index (Phi) is 4.99. The monoisotopic (exact) mass is 395 g/mol. The second-order valence-corrected chi connectivity index (χ2v) is 7.67. The minimum absolute atomic E-state index is 0.0438. The lowest BCUT2D eigenvalue weighted by atomic mass is 10.1. The molecule has 0 atom stereocenters. The number of carbonyl (C=O) groups excluding carboxylic acids is 1. The van der Waals surface area contributed by atoms with Crippen LogP contribution in [0.4, 0.5) is 0 Å². The van der Waals surface area contributed by atoms with Crippen molar-refractivity contribution in [3.05, 3.63) is 33.9 Å². The molecule has 7 heteroatoms. The number of nitrogens with zero attached hydrogens (tertiary/aromatic N) is 2. The third-order valence-electron chi connectivity index (χ3n) is 3.75. The van der Waals surface area contributed by atoms with Crippen LogP contribution in [-0.2, 0) is 0 Å². The number of aromatic nitrogens is 1. The Morgan fingerprint density at radius 3 is 2.96 bits per heavy atom. The molecule has 2 N–H and O–H groups in total. The molecular weight excluding hydrogens is 378 g/mol. The van der Waals surface area contributed by atoms with Gasteiger partial charge in [0.2, 0.25) is 0 Å². The van der Waals surface area contributed by atoms with Gasteiger partial charge in [-0.2, -0.15) is 0 Å². The minimum atomic E-state index is -0.0438. The maximum atomic E-state index is 12.9. The first kappa shape index (κ1) is 16.4. The molecule has 122 valence electrons. The Morgan fingerprint density at radius 1 is 1.52 bits per heavy atom. The SMILES string of the molecule is COc1cccc(-c2sc(Br)nc2C(=O)N(CCN)C2CC2)c1. The van der Waals surface area contributed by atoms with Crippen LogP contribution in [0.5, 0.6) is 5.75 Å². The molecule has 3 rings (SSSR count). The fourth-order valence-corrected chi connectivity index (χ4v) is 3.95. The molecule has 0 saturated heterocycles. The number of halogens is 1. The normalized spacial score (nSPS) is 13.9. The summed E-state index contributed by atoms with van der Waals surface area (Å²) >= 11 is 4.86. The van der Waals surface area contributed by atoms with Crippen LogP contribution in [0.1, 0.15) is 23.3 Å². The predicted octanol–water partition coefficient (Wildman–Crippen LogP) is 3.14. The summed E-state index contributed by atoms with van der Waals surface area (Å²) in [5.41, 5.74) is 7.08. The van der Waals surface area contributed by atoms with Crippen molar-refractivity contribution < 1.29 is 9.53 Å². The van der Waals surface area contributed by atoms with E-state index in [-0.39, 0.29) is 5.91 Å². The maximum absolute atomic E-state index is 12.9. The van der Waals surface area contributed by atoms with Gasteiger partial charge in [0.15, 0.2) is 3.92 Å². The molecule has 2 aromatic rings. The van der Waals surface area contributed by atoms with Crippen LogP contribution < -0.4 is 10.5 Å². The molecule has 1 fully saturated rings. The van der Waals surface area contributed by atoms with Gasteiger partial charge in [0.1, 0.15) is 11.4 Å². The van der Waals surface area contributed by atoms with Crippen molar-refractivity contribution >= 4 is 33.2 Å². The van der Waals surface area contributed by atoms with Crippen molar-refractivity contribution in [3.8, 4) is 16.2 Å². The summed E-state index contributed by atoms with van der Waals surface area (Å²) in [5.74, 6) is 0.712. The Balaban J connectivity index is 1.98. The van der Waals surface area contributed by atoms with Crippen molar-refractivity contribution in [1.29, 1.82) is 0 Å². The number of carbonyl (C=O) groups is 1. The summed E-state index contributed by atoms with van der Waals surface area (Å²) in [5, 5.41) is 0. The summed E-state index contributed by atoms with van der Waals surface area (Å²) in [6.45, 7) is 1.03. The largest absolute Gasteiger partial charge is 0.497 e. The number of thiazole rings is 1. The summed E-state index contributed by atoms with van der Waals surface area (Å²) in [7, 11) is 1.63. The van der Waals surface area contributed by atoms with Gasteiger partial charge in [-0.05, 0) is 46.5 Å². The van der Waals surface area contributed by atoms with E-state index in [9.17, 15) is 4.79 Å². The van der Waals surface area contributed by atoms with Gasteiger partial charge in [0.05, 0.1) is 12.0 Å². The van der Waals surface area contributed by atoms with Crippen molar-refractivity contribution in [2.24, 2.45) is 5.73 Å². The van der Waals surface area contributed by atoms with E-state index in [1.54, 1.807) is 7.11 Å². The Morgan fingerprint density at radius 2 is 2.30 bits per heavy atom. The Bertz CT molecular complexity index is 715. The van der Waals surface area contributed by atoms with Gasteiger partial charge in [-0.25, -0.2) is 4.98 Å². The topological polar surface area (TPSA) is 68.5 Å². The average molecular weight is 396 g/mol. The van der Waals surface area contributed by atoms with Crippen molar-refractivity contribution in [2.45, 2.75) is 18.9 Å². The lowest BCUT2D eigenvalue weighted by molar-refractivity contribution is 0.0743. The molecule has 23 heavy (non-hydrogen) atoms. The lowest BCUT2D eigenvalue weighted by Gasteiger charge is -2.21. The van der Waals surface area contributed by atoms with E-state index in [1.807, 2.05) is 29.2 Å². The summed E-state index contributed by atoms with van der Waals surface area (Å²) in [6, 6.07) is 7.98. The van der Waals surface area contributed by atoms with Crippen LogP contribution >= 0.6 is 27.3 Å². The predicted molar refractivity (Wildman–Crippen MR) is 94.9 cm³/mol. The van der Waals surface area contributed by atoms with Crippen LogP contribution in [-0.4, -0.2) is 42.0 Å². The van der Waals surface area contributed by atoms with Crippen molar-refractivity contribution in [2.75, 3.05) is 20.2 Å². The molecule has 1 aromatic heterocycles. The van der Waals surface area contributed by atoms with E-state index in [4.69, 9.17) is 10.5 Å². The first-order valence-electron chi connectivity index (χ1n) is 7.46. The van der Waals surface area contributed by atoms with E-state index < -0.39 is 0 Å². The number of ether oxygens (including phenoxy) is 1. The van der Waals surface area contributed by atoms with E-state index in [0.29, 0.717) is 28.7 Å². The summed E-state index contributed by atoms with van der Waals surface area (Å²) in [4.78, 5) is 20.1. The molecule has 0 spiro atoms. The molecule has 0 bridgehead atoms. The van der Waals surface area contributed by atoms with E-state index in [0.717, 1.165) is 29.0 Å². The molecule has 0 unspecified atom stereocenters. The molecule has 1 aliphatic rings. The zero-order chi connectivity index (χ0) is 16.4. The smallest absolute Gasteiger partial charge is 0.274 e. The standard InChI is InChI=1S/C16H18BrN3O2S/c1-22-12-4-2-3-10(9-12)14-13(19-16(17)23-14)15(21)20(8-7-18)11-5-6-11/h2-4,9,11H,5-8,18H2,1H3. The highest BCUT2D eigenvalue weighted by molar-refractivity contribution is 9.11. The molecule has 0 aliphatic heterocycles. The molecule has 1 aromatic carbocycles. The minimum Gasteiger partial charge on any atom is -0.497 e. The quantitative estimate of drug-likeness (QED) is 0.815. The van der Waals surface area contributed by atoms with Gasteiger partial charge in [-0.1, -0.05) is 12.1 Å². The third kappa shape index (κ3) is 3.57. The van der Waals surface area contributed by atoms with Crippen molar-refractivity contribution in [1.82, 2.24) is 9.88 Å². The molecule has 1 amide bonds. The zero-order valence-corrected chi connectivity index (χ0v) is 15.2. The summed E-state index contributed by atoms with van der Waals surface area (Å²) < 4.78 is 5.97. The van der Waals surface area contributed by atoms with Gasteiger partial charge in [-0.3, -0.25) is 4.79 Å². The van der Waals surface area contributed by atoms with Crippen LogP contribution in [0.25, 0.3) is 10.4 Å². The number of nitrogens with two attached hydrogens (primary N) is 1. The molecule has 1 heterocycles. The zero-order valence-electron chi connectivity index (χ0n) is 12.8. The highest BCUT2D eigenvalue weighted by Crippen LogP contribution is 2.37. The van der Waals surface area contributed by atoms with Crippen molar-refractivity contribution in [3.63, 3.8) is 0 Å². The summed E-state index contributed by atoms with van der Waals surface area (Å²) in [6.07, 6.45) is 2.09. The highest BCUT2D eigenvalue weighted by atomic mass is 79.9. The fourth-order valence-electron chi connectivity index (χ4n) is 2.51. The van der Waals surface area contributed by atoms with E-state index in [2.05, 4.69) is 20.9 Å².